The van der Waals surface area contributed by atoms with E-state index in [1.165, 1.54) is 0 Å². The molecule has 1 aliphatic rings. The second-order valence-corrected chi connectivity index (χ2v) is 3.98. The van der Waals surface area contributed by atoms with Gasteiger partial charge < -0.3 is 10.1 Å². The number of hydrogen-bond acceptors (Lipinski definition) is 3. The van der Waals surface area contributed by atoms with Crippen LogP contribution < -0.4 is 5.32 Å². The molecule has 3 nitrogen and oxygen atoms in total. The van der Waals surface area contributed by atoms with Crippen molar-refractivity contribution >= 4 is 0 Å². The monoisotopic (exact) mass is 206 g/mol. The van der Waals surface area contributed by atoms with Gasteiger partial charge in [-0.3, -0.25) is 4.98 Å². The maximum Gasteiger partial charge on any atom is 0.0970 e. The van der Waals surface area contributed by atoms with E-state index in [0.29, 0.717) is 6.10 Å². The van der Waals surface area contributed by atoms with Gasteiger partial charge in [0.15, 0.2) is 0 Å². The number of nitrogens with zero attached hydrogens (tertiary/aromatic N) is 1. The summed E-state index contributed by atoms with van der Waals surface area (Å²) in [6.45, 7) is 4.21. The molecule has 1 fully saturated rings. The highest BCUT2D eigenvalue weighted by Crippen LogP contribution is 2.19. The van der Waals surface area contributed by atoms with E-state index in [1.54, 1.807) is 0 Å². The molecular weight excluding hydrogens is 188 g/mol. The number of hydrogen-bond donors (Lipinski definition) is 1. The van der Waals surface area contributed by atoms with Crippen molar-refractivity contribution in [2.45, 2.75) is 32.0 Å². The summed E-state index contributed by atoms with van der Waals surface area (Å²) < 4.78 is 5.97. The third-order valence-electron chi connectivity index (χ3n) is 2.79. The molecule has 1 aromatic heterocycles. The molecule has 0 amide bonds. The first kappa shape index (κ1) is 10.6. The minimum Gasteiger partial charge on any atom is -0.369 e. The fourth-order valence-electron chi connectivity index (χ4n) is 1.91. The maximum absolute atomic E-state index is 5.97. The van der Waals surface area contributed by atoms with Crippen LogP contribution in [0.3, 0.4) is 0 Å². The number of aromatic nitrogens is 1. The van der Waals surface area contributed by atoms with Crippen LogP contribution in [-0.4, -0.2) is 24.2 Å². The Hall–Kier alpha value is -0.930. The van der Waals surface area contributed by atoms with Crippen LogP contribution >= 0.6 is 0 Å². The van der Waals surface area contributed by atoms with Crippen LogP contribution in [-0.2, 0) is 4.74 Å². The van der Waals surface area contributed by atoms with Crippen molar-refractivity contribution in [3.05, 3.63) is 30.1 Å². The Balaban J connectivity index is 1.88. The van der Waals surface area contributed by atoms with Crippen molar-refractivity contribution in [2.75, 3.05) is 13.1 Å². The molecule has 0 saturated carbocycles. The first-order valence-corrected chi connectivity index (χ1v) is 5.63. The minimum absolute atomic E-state index is 0.106. The van der Waals surface area contributed by atoms with Gasteiger partial charge >= 0.3 is 0 Å². The van der Waals surface area contributed by atoms with Crippen molar-refractivity contribution in [3.63, 3.8) is 0 Å². The van der Waals surface area contributed by atoms with Gasteiger partial charge in [-0.05, 0) is 45.0 Å². The van der Waals surface area contributed by atoms with Crippen LogP contribution in [0.15, 0.2) is 24.4 Å². The minimum atomic E-state index is 0.106. The second-order valence-electron chi connectivity index (χ2n) is 3.98. The summed E-state index contributed by atoms with van der Waals surface area (Å²) >= 11 is 0. The molecule has 0 bridgehead atoms. The summed E-state index contributed by atoms with van der Waals surface area (Å²) in [5.74, 6) is 0. The highest BCUT2D eigenvalue weighted by molar-refractivity contribution is 5.06. The van der Waals surface area contributed by atoms with Crippen molar-refractivity contribution in [1.29, 1.82) is 0 Å². The lowest BCUT2D eigenvalue weighted by atomic mass is 10.1. The Labute approximate surface area is 90.9 Å². The summed E-state index contributed by atoms with van der Waals surface area (Å²) in [4.78, 5) is 4.30. The van der Waals surface area contributed by atoms with Gasteiger partial charge in [-0.15, -0.1) is 0 Å². The fourth-order valence-corrected chi connectivity index (χ4v) is 1.91. The van der Waals surface area contributed by atoms with Gasteiger partial charge in [0.1, 0.15) is 0 Å². The van der Waals surface area contributed by atoms with Crippen molar-refractivity contribution in [1.82, 2.24) is 10.3 Å². The van der Waals surface area contributed by atoms with Crippen LogP contribution in [0.1, 0.15) is 31.6 Å². The smallest absolute Gasteiger partial charge is 0.0970 e. The van der Waals surface area contributed by atoms with E-state index in [2.05, 4.69) is 17.2 Å². The highest BCUT2D eigenvalue weighted by atomic mass is 16.5. The van der Waals surface area contributed by atoms with Gasteiger partial charge in [-0.1, -0.05) is 6.07 Å². The molecule has 15 heavy (non-hydrogen) atoms. The summed E-state index contributed by atoms with van der Waals surface area (Å²) in [5.41, 5.74) is 1.02. The lowest BCUT2D eigenvalue weighted by Gasteiger charge is -2.26. The average molecular weight is 206 g/mol. The van der Waals surface area contributed by atoms with E-state index in [1.807, 2.05) is 24.4 Å². The highest BCUT2D eigenvalue weighted by Gasteiger charge is 2.17. The molecule has 3 heteroatoms. The van der Waals surface area contributed by atoms with Gasteiger partial charge in [0, 0.05) is 6.20 Å². The van der Waals surface area contributed by atoms with E-state index in [0.717, 1.165) is 31.6 Å². The molecule has 0 radical (unpaired) electrons. The molecule has 1 N–H and O–H groups in total. The lowest BCUT2D eigenvalue weighted by Crippen LogP contribution is -2.33. The van der Waals surface area contributed by atoms with Crippen molar-refractivity contribution < 1.29 is 4.74 Å². The van der Waals surface area contributed by atoms with Crippen LogP contribution in [0.2, 0.25) is 0 Å². The topological polar surface area (TPSA) is 34.1 Å². The Morgan fingerprint density at radius 3 is 2.87 bits per heavy atom. The van der Waals surface area contributed by atoms with Crippen molar-refractivity contribution in [2.24, 2.45) is 0 Å². The average Bonchev–Trinajstić information content (AvgIpc) is 2.31. The molecule has 1 saturated heterocycles. The number of piperidine rings is 1. The zero-order valence-electron chi connectivity index (χ0n) is 9.15. The summed E-state index contributed by atoms with van der Waals surface area (Å²) in [7, 11) is 0. The summed E-state index contributed by atoms with van der Waals surface area (Å²) in [6, 6.07) is 5.96. The predicted octanol–water partition coefficient (Wildman–Crippen LogP) is 1.91. The van der Waals surface area contributed by atoms with Crippen LogP contribution in [0.25, 0.3) is 0 Å². The molecule has 0 aromatic carbocycles. The maximum atomic E-state index is 5.97. The summed E-state index contributed by atoms with van der Waals surface area (Å²) in [6.07, 6.45) is 4.53. The Morgan fingerprint density at radius 1 is 1.40 bits per heavy atom. The molecule has 1 aromatic rings. The molecule has 1 aliphatic heterocycles. The lowest BCUT2D eigenvalue weighted by molar-refractivity contribution is -0.0205. The number of ether oxygens (including phenoxy) is 1. The molecule has 2 rings (SSSR count). The van der Waals surface area contributed by atoms with Gasteiger partial charge in [-0.25, -0.2) is 0 Å². The van der Waals surface area contributed by atoms with Gasteiger partial charge in [-0.2, -0.15) is 0 Å². The number of pyridine rings is 1. The largest absolute Gasteiger partial charge is 0.369 e. The molecule has 82 valence electrons. The van der Waals surface area contributed by atoms with E-state index in [4.69, 9.17) is 4.74 Å². The predicted molar refractivity (Wildman–Crippen MR) is 59.6 cm³/mol. The first-order valence-electron chi connectivity index (χ1n) is 5.63. The van der Waals surface area contributed by atoms with Crippen LogP contribution in [0, 0.1) is 0 Å². The zero-order valence-corrected chi connectivity index (χ0v) is 9.15. The summed E-state index contributed by atoms with van der Waals surface area (Å²) in [5, 5.41) is 3.33. The van der Waals surface area contributed by atoms with E-state index in [-0.39, 0.29) is 6.10 Å². The Bertz CT molecular complexity index is 283. The Kier molecular flexibility index (Phi) is 3.69. The molecule has 0 aliphatic carbocycles. The van der Waals surface area contributed by atoms with Crippen LogP contribution in [0.5, 0.6) is 0 Å². The molecule has 1 unspecified atom stereocenters. The van der Waals surface area contributed by atoms with E-state index < -0.39 is 0 Å². The SMILES string of the molecule is CC(OC1CCNCC1)c1ccccn1. The normalized spacial score (nSPS) is 20.1. The third kappa shape index (κ3) is 3.01. The van der Waals surface area contributed by atoms with Crippen molar-refractivity contribution in [3.8, 4) is 0 Å². The molecule has 1 atom stereocenters. The van der Waals surface area contributed by atoms with E-state index >= 15 is 0 Å². The van der Waals surface area contributed by atoms with Gasteiger partial charge in [0.2, 0.25) is 0 Å². The number of nitrogens with one attached hydrogen (secondary N) is 1. The Morgan fingerprint density at radius 2 is 2.20 bits per heavy atom. The fraction of sp³-hybridized carbons (Fsp3) is 0.583. The standard InChI is InChI=1S/C12H18N2O/c1-10(12-4-2-3-7-14-12)15-11-5-8-13-9-6-11/h2-4,7,10-11,13H,5-6,8-9H2,1H3. The van der Waals surface area contributed by atoms with Gasteiger partial charge in [0.05, 0.1) is 17.9 Å². The molecular formula is C12H18N2O. The quantitative estimate of drug-likeness (QED) is 0.820. The first-order chi connectivity index (χ1) is 7.36. The molecule has 2 heterocycles. The third-order valence-corrected chi connectivity index (χ3v) is 2.79. The number of rotatable bonds is 3. The van der Waals surface area contributed by atoms with E-state index in [9.17, 15) is 0 Å². The second kappa shape index (κ2) is 5.24. The van der Waals surface area contributed by atoms with Crippen LogP contribution in [0.4, 0.5) is 0 Å². The molecule has 0 spiro atoms. The zero-order chi connectivity index (χ0) is 10.5. The van der Waals surface area contributed by atoms with Gasteiger partial charge in [0.25, 0.3) is 0 Å².